The Hall–Kier alpha value is -1.55. The molecule has 0 saturated carbocycles. The molecule has 4 nitrogen and oxygen atoms in total. The lowest BCUT2D eigenvalue weighted by atomic mass is 9.90. The van der Waals surface area contributed by atoms with Crippen molar-refractivity contribution in [3.05, 3.63) is 35.9 Å². The van der Waals surface area contributed by atoms with E-state index in [9.17, 15) is 4.79 Å². The number of ether oxygens (including phenoxy) is 1. The summed E-state index contributed by atoms with van der Waals surface area (Å²) in [4.78, 5) is 16.6. The number of rotatable bonds is 3. The Morgan fingerprint density at radius 1 is 1.29 bits per heavy atom. The van der Waals surface area contributed by atoms with Gasteiger partial charge in [0.05, 0.1) is 6.04 Å². The van der Waals surface area contributed by atoms with Crippen molar-refractivity contribution in [1.29, 1.82) is 0 Å². The number of carbonyl (C=O) groups excluding carboxylic acids is 1. The largest absolute Gasteiger partial charge is 0.447 e. The summed E-state index contributed by atoms with van der Waals surface area (Å²) in [5.74, 6) is 0. The Morgan fingerprint density at radius 2 is 2.10 bits per heavy atom. The van der Waals surface area contributed by atoms with Gasteiger partial charge in [-0.3, -0.25) is 9.80 Å². The summed E-state index contributed by atoms with van der Waals surface area (Å²) in [5, 5.41) is 0. The fourth-order valence-corrected chi connectivity index (χ4v) is 4.48. The predicted molar refractivity (Wildman–Crippen MR) is 79.9 cm³/mol. The zero-order valence-electron chi connectivity index (χ0n) is 12.5. The van der Waals surface area contributed by atoms with Crippen molar-refractivity contribution in [1.82, 2.24) is 9.80 Å². The van der Waals surface area contributed by atoms with E-state index in [1.807, 2.05) is 4.90 Å². The van der Waals surface area contributed by atoms with Gasteiger partial charge in [0.25, 0.3) is 0 Å². The van der Waals surface area contributed by atoms with Crippen LogP contribution < -0.4 is 0 Å². The number of cyclic esters (lactones) is 1. The first kappa shape index (κ1) is 13.1. The van der Waals surface area contributed by atoms with E-state index in [1.165, 1.54) is 18.4 Å². The molecule has 3 aliphatic rings. The zero-order valence-corrected chi connectivity index (χ0v) is 12.5. The summed E-state index contributed by atoms with van der Waals surface area (Å²) < 4.78 is 5.30. The second-order valence-electron chi connectivity index (χ2n) is 6.57. The molecule has 112 valence electrons. The van der Waals surface area contributed by atoms with Crippen molar-refractivity contribution in [2.24, 2.45) is 0 Å². The molecular weight excluding hydrogens is 264 g/mol. The zero-order chi connectivity index (χ0) is 14.4. The van der Waals surface area contributed by atoms with E-state index < -0.39 is 0 Å². The van der Waals surface area contributed by atoms with Crippen molar-refractivity contribution in [3.63, 3.8) is 0 Å². The molecule has 3 heterocycles. The number of nitrogens with zero attached hydrogens (tertiary/aromatic N) is 2. The van der Waals surface area contributed by atoms with Crippen LogP contribution in [0.25, 0.3) is 0 Å². The second kappa shape index (κ2) is 4.73. The van der Waals surface area contributed by atoms with E-state index >= 15 is 0 Å². The molecule has 4 heteroatoms. The first-order valence-electron chi connectivity index (χ1n) is 7.97. The van der Waals surface area contributed by atoms with Crippen molar-refractivity contribution in [2.75, 3.05) is 13.2 Å². The van der Waals surface area contributed by atoms with Crippen LogP contribution in [-0.4, -0.2) is 46.7 Å². The van der Waals surface area contributed by atoms with E-state index in [-0.39, 0.29) is 17.7 Å². The van der Waals surface area contributed by atoms with E-state index in [4.69, 9.17) is 4.74 Å². The highest BCUT2D eigenvalue weighted by atomic mass is 16.6. The monoisotopic (exact) mass is 286 g/mol. The van der Waals surface area contributed by atoms with Crippen LogP contribution in [-0.2, 0) is 11.3 Å². The van der Waals surface area contributed by atoms with Crippen LogP contribution in [0.15, 0.2) is 30.3 Å². The minimum atomic E-state index is -0.107. The number of piperazine rings is 1. The summed E-state index contributed by atoms with van der Waals surface area (Å²) in [7, 11) is 0. The molecule has 0 aromatic heterocycles. The molecule has 2 bridgehead atoms. The third-order valence-electron chi connectivity index (χ3n) is 5.69. The predicted octanol–water partition coefficient (Wildman–Crippen LogP) is 2.63. The van der Waals surface area contributed by atoms with Gasteiger partial charge in [-0.25, -0.2) is 4.79 Å². The highest BCUT2D eigenvalue weighted by Gasteiger charge is 2.57. The number of carbonyl (C=O) groups is 1. The quantitative estimate of drug-likeness (QED) is 0.856. The van der Waals surface area contributed by atoms with Gasteiger partial charge in [-0.05, 0) is 24.8 Å². The maximum Gasteiger partial charge on any atom is 0.410 e. The molecule has 0 radical (unpaired) electrons. The van der Waals surface area contributed by atoms with Crippen molar-refractivity contribution in [2.45, 2.75) is 50.4 Å². The minimum Gasteiger partial charge on any atom is -0.447 e. The van der Waals surface area contributed by atoms with Gasteiger partial charge >= 0.3 is 6.09 Å². The first-order valence-corrected chi connectivity index (χ1v) is 7.97. The topological polar surface area (TPSA) is 32.8 Å². The van der Waals surface area contributed by atoms with Crippen LogP contribution in [0, 0.1) is 0 Å². The SMILES string of the molecule is CC[C@@]12CC[C@@H]([C@H]3COC(=O)N3C1)N2Cc1ccccc1. The number of benzene rings is 1. The van der Waals surface area contributed by atoms with Gasteiger partial charge in [-0.1, -0.05) is 37.3 Å². The van der Waals surface area contributed by atoms with Gasteiger partial charge in [0.2, 0.25) is 0 Å². The fraction of sp³-hybridized carbons (Fsp3) is 0.588. The fourth-order valence-electron chi connectivity index (χ4n) is 4.48. The van der Waals surface area contributed by atoms with Gasteiger partial charge in [0.1, 0.15) is 6.61 Å². The summed E-state index contributed by atoms with van der Waals surface area (Å²) in [6, 6.07) is 11.4. The van der Waals surface area contributed by atoms with Crippen LogP contribution >= 0.6 is 0 Å². The third kappa shape index (κ3) is 1.89. The molecular formula is C17H22N2O2. The Morgan fingerprint density at radius 3 is 2.86 bits per heavy atom. The summed E-state index contributed by atoms with van der Waals surface area (Å²) >= 11 is 0. The highest BCUT2D eigenvalue weighted by Crippen LogP contribution is 2.46. The maximum atomic E-state index is 11.9. The molecule has 21 heavy (non-hydrogen) atoms. The lowest BCUT2D eigenvalue weighted by Gasteiger charge is -2.49. The molecule has 1 amide bonds. The average molecular weight is 286 g/mol. The van der Waals surface area contributed by atoms with Crippen LogP contribution in [0.3, 0.4) is 0 Å². The first-order chi connectivity index (χ1) is 10.2. The van der Waals surface area contributed by atoms with Crippen molar-refractivity contribution < 1.29 is 9.53 Å². The van der Waals surface area contributed by atoms with Gasteiger partial charge in [-0.2, -0.15) is 0 Å². The second-order valence-corrected chi connectivity index (χ2v) is 6.57. The highest BCUT2D eigenvalue weighted by molar-refractivity contribution is 5.71. The van der Waals surface area contributed by atoms with E-state index in [1.54, 1.807) is 0 Å². The molecule has 3 fully saturated rings. The Kier molecular flexibility index (Phi) is 2.96. The molecule has 0 unspecified atom stereocenters. The van der Waals surface area contributed by atoms with Gasteiger partial charge in [0.15, 0.2) is 0 Å². The molecule has 3 atom stereocenters. The maximum absolute atomic E-state index is 11.9. The Bertz CT molecular complexity index is 547. The number of amides is 1. The molecule has 0 N–H and O–H groups in total. The lowest BCUT2D eigenvalue weighted by molar-refractivity contribution is -0.0128. The molecule has 1 aromatic rings. The molecule has 3 saturated heterocycles. The lowest BCUT2D eigenvalue weighted by Crippen LogP contribution is -2.64. The van der Waals surface area contributed by atoms with E-state index in [2.05, 4.69) is 42.2 Å². The number of hydrogen-bond acceptors (Lipinski definition) is 3. The van der Waals surface area contributed by atoms with Gasteiger partial charge in [-0.15, -0.1) is 0 Å². The summed E-state index contributed by atoms with van der Waals surface area (Å²) in [6.07, 6.45) is 3.36. The molecule has 0 aliphatic carbocycles. The minimum absolute atomic E-state index is 0.107. The van der Waals surface area contributed by atoms with Gasteiger partial charge in [0, 0.05) is 24.7 Å². The van der Waals surface area contributed by atoms with Crippen molar-refractivity contribution >= 4 is 6.09 Å². The van der Waals surface area contributed by atoms with Crippen molar-refractivity contribution in [3.8, 4) is 0 Å². The van der Waals surface area contributed by atoms with Crippen LogP contribution in [0.2, 0.25) is 0 Å². The van der Waals surface area contributed by atoms with Crippen LogP contribution in [0.1, 0.15) is 31.7 Å². The third-order valence-corrected chi connectivity index (χ3v) is 5.69. The number of fused-ring (bicyclic) bond motifs is 4. The summed E-state index contributed by atoms with van der Waals surface area (Å²) in [5.41, 5.74) is 1.50. The van der Waals surface area contributed by atoms with Crippen LogP contribution in [0.4, 0.5) is 4.79 Å². The standard InChI is InChI=1S/C17H22N2O2/c1-2-17-9-8-14(15-11-21-16(20)18(15)12-17)19(17)10-13-6-4-3-5-7-13/h3-7,14-15H,2,8-12H2,1H3/t14-,15+,17+/m0/s1. The van der Waals surface area contributed by atoms with Crippen LogP contribution in [0.5, 0.6) is 0 Å². The Labute approximate surface area is 125 Å². The smallest absolute Gasteiger partial charge is 0.410 e. The summed E-state index contributed by atoms with van der Waals surface area (Å²) in [6.45, 7) is 4.63. The van der Waals surface area contributed by atoms with E-state index in [0.29, 0.717) is 12.6 Å². The molecule has 4 rings (SSSR count). The molecule has 3 aliphatic heterocycles. The Balaban J connectivity index is 1.65. The van der Waals surface area contributed by atoms with E-state index in [0.717, 1.165) is 19.5 Å². The average Bonchev–Trinajstić information content (AvgIpc) is 2.99. The molecule has 1 aromatic carbocycles. The normalized spacial score (nSPS) is 34.9. The molecule has 0 spiro atoms. The van der Waals surface area contributed by atoms with Gasteiger partial charge < -0.3 is 4.74 Å². The number of hydrogen-bond donors (Lipinski definition) is 0.